The number of nitrogens with one attached hydrogen (secondary N) is 1. The Morgan fingerprint density at radius 2 is 2.06 bits per heavy atom. The third-order valence-corrected chi connectivity index (χ3v) is 3.38. The van der Waals surface area contributed by atoms with Crippen LogP contribution in [0.5, 0.6) is 5.75 Å². The Morgan fingerprint density at radius 3 is 2.56 bits per heavy atom. The first kappa shape index (κ1) is 14.8. The van der Waals surface area contributed by atoms with E-state index in [-0.39, 0.29) is 0 Å². The standard InChI is InChI=1S/C15H26N2O/c1-5-12(9-16)10-17-14-8-13(11(2)3)6-7-15(14)18-4/h6-8,11-12,17H,5,9-10,16H2,1-4H3. The maximum Gasteiger partial charge on any atom is 0.141 e. The quantitative estimate of drug-likeness (QED) is 0.781. The lowest BCUT2D eigenvalue weighted by Crippen LogP contribution is -2.22. The van der Waals surface area contributed by atoms with Gasteiger partial charge in [-0.3, -0.25) is 0 Å². The first-order chi connectivity index (χ1) is 8.62. The number of anilines is 1. The summed E-state index contributed by atoms with van der Waals surface area (Å²) in [5, 5.41) is 3.46. The number of hydrogen-bond acceptors (Lipinski definition) is 3. The molecule has 0 aliphatic heterocycles. The number of rotatable bonds is 7. The lowest BCUT2D eigenvalue weighted by Gasteiger charge is -2.18. The van der Waals surface area contributed by atoms with Gasteiger partial charge in [0.25, 0.3) is 0 Å². The van der Waals surface area contributed by atoms with Crippen LogP contribution in [0.15, 0.2) is 18.2 Å². The average Bonchev–Trinajstić information content (AvgIpc) is 2.39. The van der Waals surface area contributed by atoms with Crippen LogP contribution in [-0.2, 0) is 0 Å². The van der Waals surface area contributed by atoms with Gasteiger partial charge in [-0.2, -0.15) is 0 Å². The summed E-state index contributed by atoms with van der Waals surface area (Å²) < 4.78 is 5.39. The lowest BCUT2D eigenvalue weighted by atomic mass is 10.0. The van der Waals surface area contributed by atoms with E-state index >= 15 is 0 Å². The Kier molecular flexibility index (Phi) is 5.99. The second kappa shape index (κ2) is 7.27. The maximum atomic E-state index is 5.72. The van der Waals surface area contributed by atoms with Crippen LogP contribution in [0.1, 0.15) is 38.7 Å². The summed E-state index contributed by atoms with van der Waals surface area (Å²) in [6.45, 7) is 8.17. The van der Waals surface area contributed by atoms with E-state index in [1.54, 1.807) is 7.11 Å². The van der Waals surface area contributed by atoms with E-state index in [1.807, 2.05) is 6.07 Å². The summed E-state index contributed by atoms with van der Waals surface area (Å²) in [6.07, 6.45) is 1.09. The van der Waals surface area contributed by atoms with Gasteiger partial charge in [0.05, 0.1) is 12.8 Å². The normalized spacial score (nSPS) is 12.6. The van der Waals surface area contributed by atoms with Crippen LogP contribution in [0.4, 0.5) is 5.69 Å². The van der Waals surface area contributed by atoms with E-state index in [0.717, 1.165) is 30.9 Å². The molecule has 3 heteroatoms. The van der Waals surface area contributed by atoms with Crippen molar-refractivity contribution in [3.63, 3.8) is 0 Å². The summed E-state index contributed by atoms with van der Waals surface area (Å²) in [6, 6.07) is 6.32. The van der Waals surface area contributed by atoms with Gasteiger partial charge in [0, 0.05) is 6.54 Å². The zero-order valence-electron chi connectivity index (χ0n) is 12.0. The smallest absolute Gasteiger partial charge is 0.141 e. The van der Waals surface area contributed by atoms with Crippen molar-refractivity contribution in [3.05, 3.63) is 23.8 Å². The number of methoxy groups -OCH3 is 1. The fourth-order valence-corrected chi connectivity index (χ4v) is 1.87. The van der Waals surface area contributed by atoms with Crippen LogP contribution in [0, 0.1) is 5.92 Å². The van der Waals surface area contributed by atoms with Crippen LogP contribution >= 0.6 is 0 Å². The highest BCUT2D eigenvalue weighted by molar-refractivity contribution is 5.58. The van der Waals surface area contributed by atoms with Crippen molar-refractivity contribution < 1.29 is 4.74 Å². The SMILES string of the molecule is CCC(CN)CNc1cc(C(C)C)ccc1OC. The number of benzene rings is 1. The van der Waals surface area contributed by atoms with Crippen molar-refractivity contribution >= 4 is 5.69 Å². The predicted molar refractivity (Wildman–Crippen MR) is 78.4 cm³/mol. The summed E-state index contributed by atoms with van der Waals surface area (Å²) in [7, 11) is 1.70. The van der Waals surface area contributed by atoms with Crippen LogP contribution in [0.25, 0.3) is 0 Å². The van der Waals surface area contributed by atoms with Crippen molar-refractivity contribution in [2.45, 2.75) is 33.1 Å². The molecule has 0 spiro atoms. The first-order valence-electron chi connectivity index (χ1n) is 6.74. The average molecular weight is 250 g/mol. The molecule has 0 bridgehead atoms. The molecular weight excluding hydrogens is 224 g/mol. The Morgan fingerprint density at radius 1 is 1.33 bits per heavy atom. The summed E-state index contributed by atoms with van der Waals surface area (Å²) >= 11 is 0. The molecular formula is C15H26N2O. The van der Waals surface area contributed by atoms with Crippen LogP contribution in [-0.4, -0.2) is 20.2 Å². The van der Waals surface area contributed by atoms with E-state index in [2.05, 4.69) is 38.2 Å². The fraction of sp³-hybridized carbons (Fsp3) is 0.600. The molecule has 0 saturated heterocycles. The second-order valence-electron chi connectivity index (χ2n) is 5.01. The van der Waals surface area contributed by atoms with Gasteiger partial charge in [0.2, 0.25) is 0 Å². The number of nitrogens with two attached hydrogens (primary N) is 1. The molecule has 3 nitrogen and oxygen atoms in total. The topological polar surface area (TPSA) is 47.3 Å². The monoisotopic (exact) mass is 250 g/mol. The molecule has 102 valence electrons. The molecule has 0 aliphatic carbocycles. The minimum absolute atomic E-state index is 0.511. The number of ether oxygens (including phenoxy) is 1. The van der Waals surface area contributed by atoms with Crippen LogP contribution in [0.3, 0.4) is 0 Å². The molecule has 0 radical (unpaired) electrons. The third-order valence-electron chi connectivity index (χ3n) is 3.38. The molecule has 0 aliphatic rings. The van der Waals surface area contributed by atoms with E-state index in [1.165, 1.54) is 5.56 Å². The summed E-state index contributed by atoms with van der Waals surface area (Å²) in [4.78, 5) is 0. The van der Waals surface area contributed by atoms with E-state index in [4.69, 9.17) is 10.5 Å². The highest BCUT2D eigenvalue weighted by Crippen LogP contribution is 2.28. The highest BCUT2D eigenvalue weighted by atomic mass is 16.5. The largest absolute Gasteiger partial charge is 0.495 e. The van der Waals surface area contributed by atoms with Crippen molar-refractivity contribution in [2.24, 2.45) is 11.7 Å². The Labute approximate surface area is 111 Å². The Hall–Kier alpha value is -1.22. The fourth-order valence-electron chi connectivity index (χ4n) is 1.87. The van der Waals surface area contributed by atoms with Crippen molar-refractivity contribution in [3.8, 4) is 5.75 Å². The van der Waals surface area contributed by atoms with Gasteiger partial charge in [0.1, 0.15) is 5.75 Å². The highest BCUT2D eigenvalue weighted by Gasteiger charge is 2.09. The minimum Gasteiger partial charge on any atom is -0.495 e. The van der Waals surface area contributed by atoms with Crippen molar-refractivity contribution in [1.82, 2.24) is 0 Å². The van der Waals surface area contributed by atoms with E-state index < -0.39 is 0 Å². The van der Waals surface area contributed by atoms with Gasteiger partial charge in [-0.1, -0.05) is 33.3 Å². The molecule has 0 amide bonds. The van der Waals surface area contributed by atoms with Gasteiger partial charge >= 0.3 is 0 Å². The second-order valence-corrected chi connectivity index (χ2v) is 5.01. The van der Waals surface area contributed by atoms with Gasteiger partial charge in [-0.25, -0.2) is 0 Å². The maximum absolute atomic E-state index is 5.72. The molecule has 1 aromatic rings. The predicted octanol–water partition coefficient (Wildman–Crippen LogP) is 3.22. The number of hydrogen-bond donors (Lipinski definition) is 2. The van der Waals surface area contributed by atoms with Gasteiger partial charge in [0.15, 0.2) is 0 Å². The minimum atomic E-state index is 0.511. The molecule has 1 unspecified atom stereocenters. The molecule has 3 N–H and O–H groups in total. The summed E-state index contributed by atoms with van der Waals surface area (Å²) in [5.41, 5.74) is 8.11. The molecule has 0 heterocycles. The van der Waals surface area contributed by atoms with Gasteiger partial charge in [-0.05, 0) is 36.1 Å². The molecule has 1 atom stereocenters. The Bertz CT molecular complexity index is 360. The van der Waals surface area contributed by atoms with E-state index in [9.17, 15) is 0 Å². The third kappa shape index (κ3) is 3.91. The molecule has 0 saturated carbocycles. The van der Waals surface area contributed by atoms with Crippen LogP contribution in [0.2, 0.25) is 0 Å². The zero-order valence-corrected chi connectivity index (χ0v) is 12.0. The van der Waals surface area contributed by atoms with Crippen LogP contribution < -0.4 is 15.8 Å². The van der Waals surface area contributed by atoms with Gasteiger partial charge in [-0.15, -0.1) is 0 Å². The van der Waals surface area contributed by atoms with Crippen molar-refractivity contribution in [2.75, 3.05) is 25.5 Å². The molecule has 18 heavy (non-hydrogen) atoms. The molecule has 1 rings (SSSR count). The molecule has 0 aromatic heterocycles. The molecule has 0 fully saturated rings. The lowest BCUT2D eigenvalue weighted by molar-refractivity contribution is 0.415. The zero-order chi connectivity index (χ0) is 13.5. The Balaban J connectivity index is 2.81. The molecule has 1 aromatic carbocycles. The van der Waals surface area contributed by atoms with Crippen molar-refractivity contribution in [1.29, 1.82) is 0 Å². The summed E-state index contributed by atoms with van der Waals surface area (Å²) in [5.74, 6) is 1.93. The van der Waals surface area contributed by atoms with Gasteiger partial charge < -0.3 is 15.8 Å². The van der Waals surface area contributed by atoms with E-state index in [0.29, 0.717) is 11.8 Å². The first-order valence-corrected chi connectivity index (χ1v) is 6.74.